The largest absolute Gasteiger partial charge is 0.504 e. The van der Waals surface area contributed by atoms with Crippen molar-refractivity contribution in [1.29, 1.82) is 0 Å². The number of aromatic hydroxyl groups is 2. The predicted octanol–water partition coefficient (Wildman–Crippen LogP) is 1.48. The molecule has 1 fully saturated rings. The van der Waals surface area contributed by atoms with Crippen molar-refractivity contribution in [2.24, 2.45) is 5.41 Å². The lowest BCUT2D eigenvalue weighted by atomic mass is 9.79. The van der Waals surface area contributed by atoms with Crippen LogP contribution in [0.5, 0.6) is 11.5 Å². The molecule has 1 aromatic carbocycles. The molecule has 6 heteroatoms. The molecular weight excluding hydrogens is 292 g/mol. The molecule has 1 heterocycles. The average molecular weight is 317 g/mol. The van der Waals surface area contributed by atoms with Crippen LogP contribution in [0.15, 0.2) is 18.2 Å². The highest BCUT2D eigenvalue weighted by molar-refractivity contribution is 5.85. The lowest BCUT2D eigenvalue weighted by Crippen LogP contribution is -2.49. The van der Waals surface area contributed by atoms with Crippen LogP contribution in [0.2, 0.25) is 0 Å². The summed E-state index contributed by atoms with van der Waals surface area (Å²) < 4.78 is 0. The number of halogens is 1. The molecule has 1 aromatic rings. The molecule has 1 saturated heterocycles. The lowest BCUT2D eigenvalue weighted by Gasteiger charge is -2.43. The highest BCUT2D eigenvalue weighted by atomic mass is 35.5. The van der Waals surface area contributed by atoms with Crippen molar-refractivity contribution in [2.75, 3.05) is 32.8 Å². The second-order valence-corrected chi connectivity index (χ2v) is 6.05. The minimum atomic E-state index is -0.414. The van der Waals surface area contributed by atoms with Gasteiger partial charge in [-0.1, -0.05) is 26.0 Å². The molecule has 0 saturated carbocycles. The van der Waals surface area contributed by atoms with Crippen LogP contribution in [-0.2, 0) is 0 Å². The standard InChI is InChI=1S/C15H24N2O3.ClH/c1-15(2,10-18)14(17-8-6-16-7-9-17)11-4-3-5-12(19)13(11)20;/h3-5,14,16,18-20H,6-10H2,1-2H3;1H/t14-;/m1./s1. The van der Waals surface area contributed by atoms with E-state index in [1.807, 2.05) is 19.9 Å². The van der Waals surface area contributed by atoms with E-state index in [0.29, 0.717) is 5.56 Å². The Hall–Kier alpha value is -1.01. The van der Waals surface area contributed by atoms with Gasteiger partial charge in [0.05, 0.1) is 0 Å². The lowest BCUT2D eigenvalue weighted by molar-refractivity contribution is 0.0291. The van der Waals surface area contributed by atoms with Crippen molar-refractivity contribution in [3.63, 3.8) is 0 Å². The van der Waals surface area contributed by atoms with Gasteiger partial charge in [-0.2, -0.15) is 0 Å². The molecule has 1 aliphatic heterocycles. The number of piperazine rings is 1. The van der Waals surface area contributed by atoms with Gasteiger partial charge in [-0.3, -0.25) is 4.90 Å². The molecule has 4 N–H and O–H groups in total. The molecular formula is C15H25ClN2O3. The third kappa shape index (κ3) is 3.80. The van der Waals surface area contributed by atoms with Crippen molar-refractivity contribution in [3.05, 3.63) is 23.8 Å². The molecule has 1 atom stereocenters. The fourth-order valence-electron chi connectivity index (χ4n) is 2.91. The van der Waals surface area contributed by atoms with Crippen molar-refractivity contribution in [1.82, 2.24) is 10.2 Å². The highest BCUT2D eigenvalue weighted by Crippen LogP contribution is 2.44. The maximum atomic E-state index is 10.2. The summed E-state index contributed by atoms with van der Waals surface area (Å²) in [5.41, 5.74) is 0.258. The zero-order valence-electron chi connectivity index (χ0n) is 12.5. The summed E-state index contributed by atoms with van der Waals surface area (Å²) in [7, 11) is 0. The molecule has 0 spiro atoms. The van der Waals surface area contributed by atoms with E-state index in [1.54, 1.807) is 6.07 Å². The van der Waals surface area contributed by atoms with Crippen LogP contribution < -0.4 is 5.32 Å². The molecule has 0 radical (unpaired) electrons. The number of hydrogen-bond acceptors (Lipinski definition) is 5. The van der Waals surface area contributed by atoms with Gasteiger partial charge < -0.3 is 20.6 Å². The summed E-state index contributed by atoms with van der Waals surface area (Å²) in [6, 6.07) is 4.88. The number of nitrogens with one attached hydrogen (secondary N) is 1. The van der Waals surface area contributed by atoms with Gasteiger partial charge in [-0.25, -0.2) is 0 Å². The summed E-state index contributed by atoms with van der Waals surface area (Å²) in [6.45, 7) is 7.44. The first kappa shape index (κ1) is 18.0. The molecule has 120 valence electrons. The summed E-state index contributed by atoms with van der Waals surface area (Å²) >= 11 is 0. The zero-order chi connectivity index (χ0) is 14.8. The van der Waals surface area contributed by atoms with Gasteiger partial charge in [-0.05, 0) is 6.07 Å². The van der Waals surface area contributed by atoms with Crippen LogP contribution in [0.3, 0.4) is 0 Å². The number of nitrogens with zero attached hydrogens (tertiary/aromatic N) is 1. The molecule has 5 nitrogen and oxygen atoms in total. The minimum Gasteiger partial charge on any atom is -0.504 e. The van der Waals surface area contributed by atoms with E-state index in [4.69, 9.17) is 0 Å². The molecule has 1 aliphatic rings. The Kier molecular flexibility index (Phi) is 6.28. The van der Waals surface area contributed by atoms with Crippen LogP contribution in [0.1, 0.15) is 25.5 Å². The third-order valence-corrected chi connectivity index (χ3v) is 4.00. The maximum Gasteiger partial charge on any atom is 0.162 e. The number of phenols is 2. The minimum absolute atomic E-state index is 0. The highest BCUT2D eigenvalue weighted by Gasteiger charge is 2.37. The van der Waals surface area contributed by atoms with E-state index in [2.05, 4.69) is 10.2 Å². The quantitative estimate of drug-likeness (QED) is 0.633. The van der Waals surface area contributed by atoms with E-state index in [-0.39, 0.29) is 36.6 Å². The van der Waals surface area contributed by atoms with Crippen molar-refractivity contribution in [3.8, 4) is 11.5 Å². The summed E-state index contributed by atoms with van der Waals surface area (Å²) in [6.07, 6.45) is 0. The normalized spacial score (nSPS) is 18.0. The first-order valence-corrected chi connectivity index (χ1v) is 7.04. The molecule has 0 bridgehead atoms. The molecule has 2 rings (SSSR count). The van der Waals surface area contributed by atoms with Gasteiger partial charge in [-0.15, -0.1) is 12.4 Å². The molecule has 21 heavy (non-hydrogen) atoms. The Bertz CT molecular complexity index is 462. The predicted molar refractivity (Wildman–Crippen MR) is 85.1 cm³/mol. The molecule has 0 aliphatic carbocycles. The van der Waals surface area contributed by atoms with Gasteiger partial charge >= 0.3 is 0 Å². The number of benzene rings is 1. The van der Waals surface area contributed by atoms with E-state index >= 15 is 0 Å². The van der Waals surface area contributed by atoms with Crippen LogP contribution >= 0.6 is 12.4 Å². The first-order valence-electron chi connectivity index (χ1n) is 7.04. The Labute approximate surface area is 132 Å². The molecule has 0 amide bonds. The Morgan fingerprint density at radius 3 is 2.43 bits per heavy atom. The van der Waals surface area contributed by atoms with Crippen molar-refractivity contribution >= 4 is 12.4 Å². The van der Waals surface area contributed by atoms with Gasteiger partial charge in [0.25, 0.3) is 0 Å². The second-order valence-electron chi connectivity index (χ2n) is 6.05. The van der Waals surface area contributed by atoms with E-state index in [1.165, 1.54) is 6.07 Å². The summed E-state index contributed by atoms with van der Waals surface area (Å²) in [5, 5.41) is 33.0. The summed E-state index contributed by atoms with van der Waals surface area (Å²) in [5.74, 6) is -0.200. The summed E-state index contributed by atoms with van der Waals surface area (Å²) in [4.78, 5) is 2.25. The van der Waals surface area contributed by atoms with Crippen LogP contribution in [-0.4, -0.2) is 53.0 Å². The Morgan fingerprint density at radius 2 is 1.86 bits per heavy atom. The second kappa shape index (κ2) is 7.31. The van der Waals surface area contributed by atoms with E-state index in [0.717, 1.165) is 26.2 Å². The average Bonchev–Trinajstić information content (AvgIpc) is 2.45. The van der Waals surface area contributed by atoms with Gasteiger partial charge in [0.15, 0.2) is 11.5 Å². The van der Waals surface area contributed by atoms with Gasteiger partial charge in [0, 0.05) is 49.8 Å². The number of para-hydroxylation sites is 1. The van der Waals surface area contributed by atoms with Crippen LogP contribution in [0.4, 0.5) is 0 Å². The van der Waals surface area contributed by atoms with Gasteiger partial charge in [0.2, 0.25) is 0 Å². The number of aliphatic hydroxyl groups is 1. The molecule has 0 unspecified atom stereocenters. The van der Waals surface area contributed by atoms with E-state index in [9.17, 15) is 15.3 Å². The van der Waals surface area contributed by atoms with E-state index < -0.39 is 5.41 Å². The Morgan fingerprint density at radius 1 is 1.24 bits per heavy atom. The fourth-order valence-corrected chi connectivity index (χ4v) is 2.91. The zero-order valence-corrected chi connectivity index (χ0v) is 13.4. The fraction of sp³-hybridized carbons (Fsp3) is 0.600. The van der Waals surface area contributed by atoms with Crippen LogP contribution in [0, 0.1) is 5.41 Å². The van der Waals surface area contributed by atoms with Crippen LogP contribution in [0.25, 0.3) is 0 Å². The Balaban J connectivity index is 0.00000220. The SMILES string of the molecule is CC(C)(CO)[C@@H](c1cccc(O)c1O)N1CCNCC1.Cl. The maximum absolute atomic E-state index is 10.2. The number of aliphatic hydroxyl groups excluding tert-OH is 1. The monoisotopic (exact) mass is 316 g/mol. The van der Waals surface area contributed by atoms with Gasteiger partial charge in [0.1, 0.15) is 0 Å². The van der Waals surface area contributed by atoms with Crippen molar-refractivity contribution in [2.45, 2.75) is 19.9 Å². The molecule has 0 aromatic heterocycles. The topological polar surface area (TPSA) is 76.0 Å². The van der Waals surface area contributed by atoms with Crippen molar-refractivity contribution < 1.29 is 15.3 Å². The third-order valence-electron chi connectivity index (χ3n) is 4.00. The number of hydrogen-bond donors (Lipinski definition) is 4. The smallest absolute Gasteiger partial charge is 0.162 e. The number of rotatable bonds is 4. The number of phenolic OH excluding ortho intramolecular Hbond substituents is 2. The first-order chi connectivity index (χ1) is 9.47.